The zero-order valence-corrected chi connectivity index (χ0v) is 11.7. The molecule has 1 aromatic carbocycles. The molecule has 2 nitrogen and oxygen atoms in total. The highest BCUT2D eigenvalue weighted by Crippen LogP contribution is 2.32. The summed E-state index contributed by atoms with van der Waals surface area (Å²) in [6, 6.07) is 9.09. The lowest BCUT2D eigenvalue weighted by molar-refractivity contribution is 0.145. The summed E-state index contributed by atoms with van der Waals surface area (Å²) in [5, 5.41) is 13.3. The van der Waals surface area contributed by atoms with Crippen LogP contribution in [0, 0.1) is 5.92 Å². The molecule has 0 amide bonds. The molecule has 0 saturated heterocycles. The zero-order chi connectivity index (χ0) is 13.1. The fraction of sp³-hybridized carbons (Fsp3) is 0.625. The number of aliphatic hydroxyl groups is 1. The maximum Gasteiger partial charge on any atom is 0.0692 e. The van der Waals surface area contributed by atoms with E-state index in [9.17, 15) is 5.11 Å². The van der Waals surface area contributed by atoms with Gasteiger partial charge in [-0.25, -0.2) is 0 Å². The van der Waals surface area contributed by atoms with Crippen molar-refractivity contribution in [3.63, 3.8) is 0 Å². The molecule has 100 valence electrons. The molecular formula is C16H25NO. The minimum atomic E-state index is -0.164. The number of hydrogen-bond donors (Lipinski definition) is 2. The summed E-state index contributed by atoms with van der Waals surface area (Å²) in [7, 11) is 0. The lowest BCUT2D eigenvalue weighted by Gasteiger charge is -2.18. The first kappa shape index (κ1) is 13.6. The number of hydrogen-bond acceptors (Lipinski definition) is 2. The van der Waals surface area contributed by atoms with Crippen molar-refractivity contribution in [3.8, 4) is 0 Å². The average molecular weight is 247 g/mol. The van der Waals surface area contributed by atoms with Crippen LogP contribution in [-0.2, 0) is 0 Å². The maximum absolute atomic E-state index is 9.84. The van der Waals surface area contributed by atoms with Crippen molar-refractivity contribution in [2.24, 2.45) is 5.92 Å². The topological polar surface area (TPSA) is 32.3 Å². The van der Waals surface area contributed by atoms with E-state index in [-0.39, 0.29) is 6.10 Å². The van der Waals surface area contributed by atoms with Crippen molar-refractivity contribution in [2.75, 3.05) is 6.54 Å². The summed E-state index contributed by atoms with van der Waals surface area (Å²) >= 11 is 0. The van der Waals surface area contributed by atoms with Gasteiger partial charge in [0.05, 0.1) is 6.10 Å². The number of benzene rings is 1. The van der Waals surface area contributed by atoms with Crippen molar-refractivity contribution < 1.29 is 5.11 Å². The third-order valence-electron chi connectivity index (χ3n) is 3.90. The summed E-state index contributed by atoms with van der Waals surface area (Å²) in [6.45, 7) is 7.28. The Kier molecular flexibility index (Phi) is 4.41. The van der Waals surface area contributed by atoms with Gasteiger partial charge in [-0.2, -0.15) is 0 Å². The third-order valence-corrected chi connectivity index (χ3v) is 3.90. The van der Waals surface area contributed by atoms with Crippen LogP contribution in [0.1, 0.15) is 56.7 Å². The van der Waals surface area contributed by atoms with E-state index in [4.69, 9.17) is 0 Å². The Bertz CT molecular complexity index is 367. The lowest BCUT2D eigenvalue weighted by atomic mass is 9.99. The van der Waals surface area contributed by atoms with Crippen LogP contribution in [0.5, 0.6) is 0 Å². The first-order valence-electron chi connectivity index (χ1n) is 7.09. The summed E-state index contributed by atoms with van der Waals surface area (Å²) in [6.07, 6.45) is 2.23. The second-order valence-corrected chi connectivity index (χ2v) is 5.86. The second-order valence-electron chi connectivity index (χ2n) is 5.86. The smallest absolute Gasteiger partial charge is 0.0692 e. The highest BCUT2D eigenvalue weighted by atomic mass is 16.3. The van der Waals surface area contributed by atoms with E-state index in [0.29, 0.717) is 24.4 Å². The Labute approximate surface area is 110 Å². The van der Waals surface area contributed by atoms with E-state index in [0.717, 1.165) is 0 Å². The molecule has 2 unspecified atom stereocenters. The minimum absolute atomic E-state index is 0.164. The van der Waals surface area contributed by atoms with Gasteiger partial charge in [0.25, 0.3) is 0 Å². The number of rotatable bonds is 6. The zero-order valence-electron chi connectivity index (χ0n) is 11.7. The summed E-state index contributed by atoms with van der Waals surface area (Å²) in [5.41, 5.74) is 2.67. The van der Waals surface area contributed by atoms with Gasteiger partial charge < -0.3 is 10.4 Å². The predicted octanol–water partition coefficient (Wildman–Crippen LogP) is 3.23. The van der Waals surface area contributed by atoms with Crippen LogP contribution in [0.15, 0.2) is 24.3 Å². The standard InChI is InChI=1S/C16H25NO/c1-11(2)13-4-6-14(7-5-13)12(3)17-10-16(18)15-8-9-15/h4-7,11-12,15-18H,8-10H2,1-3H3. The molecule has 2 N–H and O–H groups in total. The molecule has 0 aromatic heterocycles. The van der Waals surface area contributed by atoms with Crippen LogP contribution < -0.4 is 5.32 Å². The molecule has 2 rings (SSSR count). The van der Waals surface area contributed by atoms with E-state index in [1.54, 1.807) is 0 Å². The summed E-state index contributed by atoms with van der Waals surface area (Å²) < 4.78 is 0. The van der Waals surface area contributed by atoms with E-state index in [1.165, 1.54) is 24.0 Å². The Morgan fingerprint density at radius 1 is 1.11 bits per heavy atom. The first-order valence-corrected chi connectivity index (χ1v) is 7.09. The van der Waals surface area contributed by atoms with Crippen LogP contribution in [0.3, 0.4) is 0 Å². The molecular weight excluding hydrogens is 222 g/mol. The molecule has 0 radical (unpaired) electrons. The highest BCUT2D eigenvalue weighted by Gasteiger charge is 2.29. The fourth-order valence-corrected chi connectivity index (χ4v) is 2.23. The number of aliphatic hydroxyl groups excluding tert-OH is 1. The molecule has 0 bridgehead atoms. The van der Waals surface area contributed by atoms with E-state index in [1.807, 2.05) is 0 Å². The van der Waals surface area contributed by atoms with Gasteiger partial charge in [0.15, 0.2) is 0 Å². The summed E-state index contributed by atoms with van der Waals surface area (Å²) in [5.74, 6) is 1.13. The van der Waals surface area contributed by atoms with Gasteiger partial charge in [-0.3, -0.25) is 0 Å². The molecule has 1 aliphatic carbocycles. The fourth-order valence-electron chi connectivity index (χ4n) is 2.23. The SMILES string of the molecule is CC(C)c1ccc(C(C)NCC(O)C2CC2)cc1. The molecule has 1 aromatic rings. The van der Waals surface area contributed by atoms with Crippen molar-refractivity contribution >= 4 is 0 Å². The third kappa shape index (κ3) is 3.56. The van der Waals surface area contributed by atoms with Crippen molar-refractivity contribution in [3.05, 3.63) is 35.4 Å². The maximum atomic E-state index is 9.84. The van der Waals surface area contributed by atoms with E-state index >= 15 is 0 Å². The van der Waals surface area contributed by atoms with Gasteiger partial charge in [0.2, 0.25) is 0 Å². The van der Waals surface area contributed by atoms with Crippen molar-refractivity contribution in [1.29, 1.82) is 0 Å². The first-order chi connectivity index (χ1) is 8.58. The highest BCUT2D eigenvalue weighted by molar-refractivity contribution is 5.26. The molecule has 1 aliphatic rings. The largest absolute Gasteiger partial charge is 0.392 e. The normalized spacial score (nSPS) is 18.9. The predicted molar refractivity (Wildman–Crippen MR) is 75.7 cm³/mol. The van der Waals surface area contributed by atoms with Crippen LogP contribution in [0.2, 0.25) is 0 Å². The van der Waals surface area contributed by atoms with Gasteiger partial charge >= 0.3 is 0 Å². The Hall–Kier alpha value is -0.860. The van der Waals surface area contributed by atoms with Gasteiger partial charge in [-0.05, 0) is 42.7 Å². The van der Waals surface area contributed by atoms with Gasteiger partial charge in [0, 0.05) is 12.6 Å². The van der Waals surface area contributed by atoms with E-state index < -0.39 is 0 Å². The molecule has 0 heterocycles. The van der Waals surface area contributed by atoms with Gasteiger partial charge in [0.1, 0.15) is 0 Å². The molecule has 2 atom stereocenters. The van der Waals surface area contributed by atoms with Crippen LogP contribution in [0.25, 0.3) is 0 Å². The monoisotopic (exact) mass is 247 g/mol. The second kappa shape index (κ2) is 5.85. The van der Waals surface area contributed by atoms with Crippen LogP contribution in [-0.4, -0.2) is 17.8 Å². The molecule has 0 spiro atoms. The van der Waals surface area contributed by atoms with Gasteiger partial charge in [-0.1, -0.05) is 38.1 Å². The number of nitrogens with one attached hydrogen (secondary N) is 1. The van der Waals surface area contributed by atoms with Crippen LogP contribution in [0.4, 0.5) is 0 Å². The lowest BCUT2D eigenvalue weighted by Crippen LogP contribution is -2.30. The Balaban J connectivity index is 1.85. The van der Waals surface area contributed by atoms with Gasteiger partial charge in [-0.15, -0.1) is 0 Å². The Morgan fingerprint density at radius 2 is 1.67 bits per heavy atom. The quantitative estimate of drug-likeness (QED) is 0.809. The van der Waals surface area contributed by atoms with E-state index in [2.05, 4.69) is 50.4 Å². The molecule has 0 aliphatic heterocycles. The average Bonchev–Trinajstić information content (AvgIpc) is 3.20. The molecule has 18 heavy (non-hydrogen) atoms. The van der Waals surface area contributed by atoms with Crippen molar-refractivity contribution in [2.45, 2.75) is 51.7 Å². The minimum Gasteiger partial charge on any atom is -0.392 e. The molecule has 1 saturated carbocycles. The summed E-state index contributed by atoms with van der Waals surface area (Å²) in [4.78, 5) is 0. The van der Waals surface area contributed by atoms with Crippen molar-refractivity contribution in [1.82, 2.24) is 5.32 Å². The molecule has 1 fully saturated rings. The van der Waals surface area contributed by atoms with Crippen LogP contribution >= 0.6 is 0 Å². The Morgan fingerprint density at radius 3 is 2.17 bits per heavy atom. The molecule has 2 heteroatoms.